The molecule has 0 aliphatic carbocycles. The molecule has 0 saturated heterocycles. The van der Waals surface area contributed by atoms with Crippen LogP contribution in [-0.2, 0) is 0 Å². The second-order valence-electron chi connectivity index (χ2n) is 4.82. The first-order valence-electron chi connectivity index (χ1n) is 6.60. The number of nitrogens with one attached hydrogen (secondary N) is 1. The van der Waals surface area contributed by atoms with Gasteiger partial charge < -0.3 is 0 Å². The highest BCUT2D eigenvalue weighted by molar-refractivity contribution is 7.22. The summed E-state index contributed by atoms with van der Waals surface area (Å²) >= 11 is 1.38. The fourth-order valence-corrected chi connectivity index (χ4v) is 3.03. The third-order valence-corrected chi connectivity index (χ3v) is 4.20. The first kappa shape index (κ1) is 14.6. The highest BCUT2D eigenvalue weighted by Crippen LogP contribution is 2.28. The van der Waals surface area contributed by atoms with Gasteiger partial charge in [-0.1, -0.05) is 35.6 Å². The van der Waals surface area contributed by atoms with Crippen molar-refractivity contribution in [2.24, 2.45) is 0 Å². The SMILES string of the molecule is Cc1cccc2sc(NC(=O)c3ccc(C(F)F)cc3)nc12. The van der Waals surface area contributed by atoms with Crippen molar-refractivity contribution in [1.82, 2.24) is 4.98 Å². The summed E-state index contributed by atoms with van der Waals surface area (Å²) in [5, 5.41) is 3.20. The molecule has 1 N–H and O–H groups in total. The molecule has 0 unspecified atom stereocenters. The number of thiazole rings is 1. The van der Waals surface area contributed by atoms with Gasteiger partial charge in [-0.2, -0.15) is 0 Å². The van der Waals surface area contributed by atoms with Crippen molar-refractivity contribution in [3.8, 4) is 0 Å². The minimum absolute atomic E-state index is 0.104. The summed E-state index contributed by atoms with van der Waals surface area (Å²) in [5.74, 6) is -0.363. The fourth-order valence-electron chi connectivity index (χ4n) is 2.09. The lowest BCUT2D eigenvalue weighted by Crippen LogP contribution is -2.11. The number of nitrogens with zero attached hydrogens (tertiary/aromatic N) is 1. The van der Waals surface area contributed by atoms with E-state index in [1.54, 1.807) is 0 Å². The van der Waals surface area contributed by atoms with Crippen LogP contribution in [0.4, 0.5) is 13.9 Å². The molecule has 6 heteroatoms. The summed E-state index contributed by atoms with van der Waals surface area (Å²) in [6.07, 6.45) is -2.54. The Bertz CT molecular complexity index is 828. The first-order chi connectivity index (χ1) is 10.5. The molecule has 3 nitrogen and oxygen atoms in total. The van der Waals surface area contributed by atoms with Gasteiger partial charge in [0.05, 0.1) is 10.2 Å². The fraction of sp³-hybridized carbons (Fsp3) is 0.125. The van der Waals surface area contributed by atoms with Crippen LogP contribution in [0.15, 0.2) is 42.5 Å². The molecule has 1 heterocycles. The zero-order valence-electron chi connectivity index (χ0n) is 11.6. The molecular formula is C16H12F2N2OS. The minimum Gasteiger partial charge on any atom is -0.298 e. The van der Waals surface area contributed by atoms with E-state index >= 15 is 0 Å². The van der Waals surface area contributed by atoms with E-state index in [0.717, 1.165) is 15.8 Å². The van der Waals surface area contributed by atoms with Crippen LogP contribution in [0, 0.1) is 6.92 Å². The van der Waals surface area contributed by atoms with Gasteiger partial charge in [0, 0.05) is 11.1 Å². The van der Waals surface area contributed by atoms with Crippen molar-refractivity contribution in [2.75, 3.05) is 5.32 Å². The van der Waals surface area contributed by atoms with Gasteiger partial charge in [0.1, 0.15) is 0 Å². The predicted molar refractivity (Wildman–Crippen MR) is 83.7 cm³/mol. The van der Waals surface area contributed by atoms with E-state index in [-0.39, 0.29) is 11.5 Å². The number of aryl methyl sites for hydroxylation is 1. The smallest absolute Gasteiger partial charge is 0.263 e. The summed E-state index contributed by atoms with van der Waals surface area (Å²) in [5.41, 5.74) is 2.11. The maximum absolute atomic E-state index is 12.5. The molecule has 1 aromatic heterocycles. The number of carbonyl (C=O) groups is 1. The van der Waals surface area contributed by atoms with Crippen LogP contribution in [0.25, 0.3) is 10.2 Å². The molecule has 0 spiro atoms. The van der Waals surface area contributed by atoms with Gasteiger partial charge in [0.15, 0.2) is 5.13 Å². The lowest BCUT2D eigenvalue weighted by Gasteiger charge is -2.03. The molecule has 0 fully saturated rings. The third-order valence-electron chi connectivity index (χ3n) is 3.27. The number of anilines is 1. The summed E-state index contributed by atoms with van der Waals surface area (Å²) in [7, 11) is 0. The second-order valence-corrected chi connectivity index (χ2v) is 5.85. The predicted octanol–water partition coefficient (Wildman–Crippen LogP) is 4.79. The number of halogens is 2. The van der Waals surface area contributed by atoms with Crippen LogP contribution in [0.2, 0.25) is 0 Å². The second kappa shape index (κ2) is 5.81. The first-order valence-corrected chi connectivity index (χ1v) is 7.42. The van der Waals surface area contributed by atoms with E-state index in [1.165, 1.54) is 35.6 Å². The number of para-hydroxylation sites is 1. The number of hydrogen-bond donors (Lipinski definition) is 1. The Balaban J connectivity index is 1.82. The highest BCUT2D eigenvalue weighted by atomic mass is 32.1. The molecule has 0 atom stereocenters. The molecular weight excluding hydrogens is 306 g/mol. The van der Waals surface area contributed by atoms with E-state index in [1.807, 2.05) is 25.1 Å². The largest absolute Gasteiger partial charge is 0.298 e. The Morgan fingerprint density at radius 2 is 1.91 bits per heavy atom. The third kappa shape index (κ3) is 2.82. The zero-order chi connectivity index (χ0) is 15.7. The monoisotopic (exact) mass is 318 g/mol. The van der Waals surface area contributed by atoms with Crippen LogP contribution in [0.5, 0.6) is 0 Å². The number of fused-ring (bicyclic) bond motifs is 1. The van der Waals surface area contributed by atoms with Crippen molar-refractivity contribution in [2.45, 2.75) is 13.3 Å². The van der Waals surface area contributed by atoms with Gasteiger partial charge in [0.2, 0.25) is 0 Å². The van der Waals surface area contributed by atoms with Crippen LogP contribution < -0.4 is 5.32 Å². The maximum Gasteiger partial charge on any atom is 0.263 e. The van der Waals surface area contributed by atoms with E-state index in [9.17, 15) is 13.6 Å². The van der Waals surface area contributed by atoms with Crippen molar-refractivity contribution < 1.29 is 13.6 Å². The Kier molecular flexibility index (Phi) is 3.85. The van der Waals surface area contributed by atoms with E-state index < -0.39 is 6.43 Å². The molecule has 0 saturated carbocycles. The summed E-state index contributed by atoms with van der Waals surface area (Å²) < 4.78 is 26.0. The lowest BCUT2D eigenvalue weighted by molar-refractivity contribution is 0.102. The summed E-state index contributed by atoms with van der Waals surface area (Å²) in [6, 6.07) is 11.1. The molecule has 0 aliphatic heterocycles. The zero-order valence-corrected chi connectivity index (χ0v) is 12.5. The molecule has 2 aromatic carbocycles. The number of rotatable bonds is 3. The highest BCUT2D eigenvalue weighted by Gasteiger charge is 2.12. The van der Waals surface area contributed by atoms with Crippen molar-refractivity contribution in [3.05, 3.63) is 59.2 Å². The molecule has 0 radical (unpaired) electrons. The van der Waals surface area contributed by atoms with Crippen LogP contribution >= 0.6 is 11.3 Å². The van der Waals surface area contributed by atoms with Gasteiger partial charge in [-0.15, -0.1) is 0 Å². The van der Waals surface area contributed by atoms with Crippen molar-refractivity contribution in [1.29, 1.82) is 0 Å². The van der Waals surface area contributed by atoms with Gasteiger partial charge in [-0.25, -0.2) is 13.8 Å². The number of alkyl halides is 2. The number of amides is 1. The molecule has 112 valence electrons. The van der Waals surface area contributed by atoms with Crippen LogP contribution in [0.3, 0.4) is 0 Å². The average Bonchev–Trinajstić information content (AvgIpc) is 2.91. The molecule has 0 aliphatic rings. The molecule has 1 amide bonds. The number of benzene rings is 2. The molecule has 0 bridgehead atoms. The van der Waals surface area contributed by atoms with E-state index in [0.29, 0.717) is 10.7 Å². The number of hydrogen-bond acceptors (Lipinski definition) is 3. The van der Waals surface area contributed by atoms with E-state index in [2.05, 4.69) is 10.3 Å². The number of aromatic nitrogens is 1. The van der Waals surface area contributed by atoms with Crippen LogP contribution in [0.1, 0.15) is 27.9 Å². The van der Waals surface area contributed by atoms with Gasteiger partial charge >= 0.3 is 0 Å². The summed E-state index contributed by atoms with van der Waals surface area (Å²) in [6.45, 7) is 1.96. The van der Waals surface area contributed by atoms with Crippen LogP contribution in [-0.4, -0.2) is 10.9 Å². The Morgan fingerprint density at radius 1 is 1.18 bits per heavy atom. The topological polar surface area (TPSA) is 42.0 Å². The summed E-state index contributed by atoms with van der Waals surface area (Å²) in [4.78, 5) is 16.5. The Labute approximate surface area is 129 Å². The number of carbonyl (C=O) groups excluding carboxylic acids is 1. The van der Waals surface area contributed by atoms with Gasteiger partial charge in [0.25, 0.3) is 12.3 Å². The van der Waals surface area contributed by atoms with E-state index in [4.69, 9.17) is 0 Å². The Hall–Kier alpha value is -2.34. The Morgan fingerprint density at radius 3 is 2.55 bits per heavy atom. The van der Waals surface area contributed by atoms with Gasteiger partial charge in [-0.3, -0.25) is 10.1 Å². The lowest BCUT2D eigenvalue weighted by atomic mass is 10.1. The standard InChI is InChI=1S/C16H12F2N2OS/c1-9-3-2-4-12-13(9)19-16(22-12)20-15(21)11-7-5-10(6-8-11)14(17)18/h2-8,14H,1H3,(H,19,20,21). The molecule has 22 heavy (non-hydrogen) atoms. The normalized spacial score (nSPS) is 11.1. The minimum atomic E-state index is -2.54. The quantitative estimate of drug-likeness (QED) is 0.754. The van der Waals surface area contributed by atoms with Crippen molar-refractivity contribution >= 4 is 32.6 Å². The van der Waals surface area contributed by atoms with Crippen molar-refractivity contribution in [3.63, 3.8) is 0 Å². The molecule has 3 rings (SSSR count). The molecule has 3 aromatic rings. The maximum atomic E-state index is 12.5. The average molecular weight is 318 g/mol. The van der Waals surface area contributed by atoms with Gasteiger partial charge in [-0.05, 0) is 30.7 Å².